The predicted octanol–water partition coefficient (Wildman–Crippen LogP) is 0.731. The zero-order valence-corrected chi connectivity index (χ0v) is 13.1. The average Bonchev–Trinajstić information content (AvgIpc) is 2.58. The summed E-state index contributed by atoms with van der Waals surface area (Å²) in [5, 5.41) is 7.59. The van der Waals surface area contributed by atoms with E-state index in [1.165, 1.54) is 10.7 Å². The number of carbonyl (C=O) groups excluding carboxylic acids is 1. The van der Waals surface area contributed by atoms with Crippen molar-refractivity contribution in [3.8, 4) is 11.3 Å². The number of amides is 1. The Balaban J connectivity index is 1.82. The molecule has 1 saturated heterocycles. The number of hydrogen-bond donors (Lipinski definition) is 1. The van der Waals surface area contributed by atoms with Gasteiger partial charge in [-0.15, -0.1) is 0 Å². The smallest absolute Gasteiger partial charge is 0.267 e. The van der Waals surface area contributed by atoms with Gasteiger partial charge in [0.1, 0.15) is 6.54 Å². The third-order valence-electron chi connectivity index (χ3n) is 4.04. The van der Waals surface area contributed by atoms with Gasteiger partial charge < -0.3 is 10.2 Å². The van der Waals surface area contributed by atoms with E-state index < -0.39 is 0 Å². The van der Waals surface area contributed by atoms with E-state index in [2.05, 4.69) is 10.4 Å². The summed E-state index contributed by atoms with van der Waals surface area (Å²) in [6, 6.07) is 12.9. The summed E-state index contributed by atoms with van der Waals surface area (Å²) in [6.07, 6.45) is 0. The minimum Gasteiger partial charge on any atom is -0.336 e. The highest BCUT2D eigenvalue weighted by Gasteiger charge is 2.23. The molecule has 2 aromatic rings. The van der Waals surface area contributed by atoms with E-state index in [0.29, 0.717) is 12.2 Å². The van der Waals surface area contributed by atoms with Crippen LogP contribution in [0.4, 0.5) is 0 Å². The van der Waals surface area contributed by atoms with Gasteiger partial charge in [-0.3, -0.25) is 9.59 Å². The molecule has 6 nitrogen and oxygen atoms in total. The molecule has 2 heterocycles. The Morgan fingerprint density at radius 3 is 2.78 bits per heavy atom. The first kappa shape index (κ1) is 15.4. The van der Waals surface area contributed by atoms with Crippen LogP contribution in [0.1, 0.15) is 6.92 Å². The highest BCUT2D eigenvalue weighted by atomic mass is 16.2. The third kappa shape index (κ3) is 3.48. The SMILES string of the molecule is CC1CNCCN1C(=O)Cn1nc(-c2ccccc2)ccc1=O. The van der Waals surface area contributed by atoms with Gasteiger partial charge in [0.2, 0.25) is 5.91 Å². The molecular formula is C17H20N4O2. The van der Waals surface area contributed by atoms with Crippen molar-refractivity contribution >= 4 is 5.91 Å². The van der Waals surface area contributed by atoms with Crippen LogP contribution in [0, 0.1) is 0 Å². The van der Waals surface area contributed by atoms with Crippen LogP contribution in [0.2, 0.25) is 0 Å². The molecule has 1 aliphatic rings. The van der Waals surface area contributed by atoms with E-state index in [0.717, 1.165) is 18.7 Å². The molecule has 120 valence electrons. The minimum absolute atomic E-state index is 0.0240. The number of piperazine rings is 1. The van der Waals surface area contributed by atoms with Crippen molar-refractivity contribution in [3.05, 3.63) is 52.8 Å². The van der Waals surface area contributed by atoms with Crippen molar-refractivity contribution in [1.82, 2.24) is 20.0 Å². The Bertz CT molecular complexity index is 742. The van der Waals surface area contributed by atoms with E-state index in [1.54, 1.807) is 11.0 Å². The molecule has 0 spiro atoms. The van der Waals surface area contributed by atoms with Crippen LogP contribution in [0.5, 0.6) is 0 Å². The van der Waals surface area contributed by atoms with Gasteiger partial charge in [-0.25, -0.2) is 4.68 Å². The average molecular weight is 312 g/mol. The van der Waals surface area contributed by atoms with Gasteiger partial charge in [0.05, 0.1) is 5.69 Å². The van der Waals surface area contributed by atoms with Crippen LogP contribution in [0.15, 0.2) is 47.3 Å². The molecule has 0 aliphatic carbocycles. The fourth-order valence-corrected chi connectivity index (χ4v) is 2.76. The Labute approximate surface area is 134 Å². The molecule has 3 rings (SSSR count). The molecule has 23 heavy (non-hydrogen) atoms. The molecule has 1 N–H and O–H groups in total. The van der Waals surface area contributed by atoms with Crippen LogP contribution < -0.4 is 10.9 Å². The summed E-state index contributed by atoms with van der Waals surface area (Å²) < 4.78 is 1.25. The number of nitrogens with zero attached hydrogens (tertiary/aromatic N) is 3. The highest BCUT2D eigenvalue weighted by Crippen LogP contribution is 2.14. The van der Waals surface area contributed by atoms with E-state index >= 15 is 0 Å². The molecular weight excluding hydrogens is 292 g/mol. The molecule has 0 saturated carbocycles. The summed E-state index contributed by atoms with van der Waals surface area (Å²) in [5.41, 5.74) is 1.34. The van der Waals surface area contributed by atoms with Crippen LogP contribution in [0.3, 0.4) is 0 Å². The topological polar surface area (TPSA) is 67.2 Å². The molecule has 1 amide bonds. The monoisotopic (exact) mass is 312 g/mol. The van der Waals surface area contributed by atoms with Gasteiger partial charge in [0.15, 0.2) is 0 Å². The van der Waals surface area contributed by atoms with Crippen molar-refractivity contribution in [1.29, 1.82) is 0 Å². The number of rotatable bonds is 3. The fourth-order valence-electron chi connectivity index (χ4n) is 2.76. The second-order valence-electron chi connectivity index (χ2n) is 5.72. The third-order valence-corrected chi connectivity index (χ3v) is 4.04. The number of nitrogens with one attached hydrogen (secondary N) is 1. The van der Waals surface area contributed by atoms with Crippen molar-refractivity contribution in [2.75, 3.05) is 19.6 Å². The molecule has 1 aromatic heterocycles. The van der Waals surface area contributed by atoms with Crippen LogP contribution in [-0.4, -0.2) is 46.3 Å². The van der Waals surface area contributed by atoms with Crippen molar-refractivity contribution in [2.45, 2.75) is 19.5 Å². The molecule has 1 unspecified atom stereocenters. The standard InChI is InChI=1S/C17H20N4O2/c1-13-11-18-9-10-20(13)17(23)12-21-16(22)8-7-15(19-21)14-5-3-2-4-6-14/h2-8,13,18H,9-12H2,1H3. The second kappa shape index (κ2) is 6.75. The Morgan fingerprint density at radius 1 is 1.26 bits per heavy atom. The first-order chi connectivity index (χ1) is 11.1. The zero-order chi connectivity index (χ0) is 16.2. The normalized spacial score (nSPS) is 18.0. The lowest BCUT2D eigenvalue weighted by atomic mass is 10.1. The first-order valence-electron chi connectivity index (χ1n) is 7.79. The second-order valence-corrected chi connectivity index (χ2v) is 5.72. The molecule has 1 aromatic carbocycles. The van der Waals surface area contributed by atoms with E-state index in [9.17, 15) is 9.59 Å². The summed E-state index contributed by atoms with van der Waals surface area (Å²) in [7, 11) is 0. The van der Waals surface area contributed by atoms with Gasteiger partial charge >= 0.3 is 0 Å². The predicted molar refractivity (Wildman–Crippen MR) is 88.0 cm³/mol. The maximum absolute atomic E-state index is 12.5. The van der Waals surface area contributed by atoms with Crippen molar-refractivity contribution in [2.24, 2.45) is 0 Å². The van der Waals surface area contributed by atoms with Crippen LogP contribution >= 0.6 is 0 Å². The van der Waals surface area contributed by atoms with E-state index in [4.69, 9.17) is 0 Å². The number of benzene rings is 1. The summed E-state index contributed by atoms with van der Waals surface area (Å²) in [4.78, 5) is 26.3. The highest BCUT2D eigenvalue weighted by molar-refractivity contribution is 5.76. The Hall–Kier alpha value is -2.47. The Morgan fingerprint density at radius 2 is 2.04 bits per heavy atom. The largest absolute Gasteiger partial charge is 0.336 e. The fraction of sp³-hybridized carbons (Fsp3) is 0.353. The first-order valence-corrected chi connectivity index (χ1v) is 7.79. The summed E-state index contributed by atoms with van der Waals surface area (Å²) in [5.74, 6) is -0.0705. The zero-order valence-electron chi connectivity index (χ0n) is 13.1. The lowest BCUT2D eigenvalue weighted by molar-refractivity contribution is -0.134. The number of carbonyl (C=O) groups is 1. The molecule has 1 aliphatic heterocycles. The summed E-state index contributed by atoms with van der Waals surface area (Å²) >= 11 is 0. The van der Waals surface area contributed by atoms with Gasteiger partial charge in [-0.1, -0.05) is 30.3 Å². The quantitative estimate of drug-likeness (QED) is 0.907. The Kier molecular flexibility index (Phi) is 4.52. The molecule has 6 heteroatoms. The number of hydrogen-bond acceptors (Lipinski definition) is 4. The minimum atomic E-state index is -0.263. The molecule has 1 fully saturated rings. The molecule has 0 bridgehead atoms. The van der Waals surface area contributed by atoms with Gasteiger partial charge in [0, 0.05) is 37.3 Å². The van der Waals surface area contributed by atoms with Crippen molar-refractivity contribution in [3.63, 3.8) is 0 Å². The lowest BCUT2D eigenvalue weighted by Gasteiger charge is -2.34. The van der Waals surface area contributed by atoms with Crippen molar-refractivity contribution < 1.29 is 4.79 Å². The lowest BCUT2D eigenvalue weighted by Crippen LogP contribution is -2.53. The maximum Gasteiger partial charge on any atom is 0.267 e. The number of aromatic nitrogens is 2. The van der Waals surface area contributed by atoms with Gasteiger partial charge in [-0.2, -0.15) is 5.10 Å². The van der Waals surface area contributed by atoms with Crippen LogP contribution in [0.25, 0.3) is 11.3 Å². The molecule has 1 atom stereocenters. The van der Waals surface area contributed by atoms with Crippen LogP contribution in [-0.2, 0) is 11.3 Å². The van der Waals surface area contributed by atoms with Gasteiger partial charge in [-0.05, 0) is 13.0 Å². The van der Waals surface area contributed by atoms with E-state index in [1.807, 2.05) is 37.3 Å². The van der Waals surface area contributed by atoms with Gasteiger partial charge in [0.25, 0.3) is 5.56 Å². The van der Waals surface area contributed by atoms with E-state index in [-0.39, 0.29) is 24.1 Å². The summed E-state index contributed by atoms with van der Waals surface area (Å²) in [6.45, 7) is 4.19. The molecule has 0 radical (unpaired) electrons. The maximum atomic E-state index is 12.5.